The SMILES string of the molecule is CCC(C)c1ccc(OCC(=O)NNC(=O)CCC(=O)Nc2ccc(Cl)cc2Cl)c(Br)c1. The fourth-order valence-electron chi connectivity index (χ4n) is 2.59. The molecule has 172 valence electrons. The first kappa shape index (κ1) is 26.0. The highest BCUT2D eigenvalue weighted by atomic mass is 79.9. The van der Waals surface area contributed by atoms with Crippen molar-refractivity contribution in [2.24, 2.45) is 0 Å². The highest BCUT2D eigenvalue weighted by Gasteiger charge is 2.12. The second-order valence-electron chi connectivity index (χ2n) is 7.06. The maximum Gasteiger partial charge on any atom is 0.276 e. The topological polar surface area (TPSA) is 96.5 Å². The van der Waals surface area contributed by atoms with Crippen molar-refractivity contribution in [3.63, 3.8) is 0 Å². The van der Waals surface area contributed by atoms with Crippen molar-refractivity contribution in [3.8, 4) is 5.75 Å². The van der Waals surface area contributed by atoms with Gasteiger partial charge in [0.15, 0.2) is 6.61 Å². The number of halogens is 3. The fourth-order valence-corrected chi connectivity index (χ4v) is 3.55. The molecule has 0 saturated heterocycles. The number of benzene rings is 2. The largest absolute Gasteiger partial charge is 0.483 e. The van der Waals surface area contributed by atoms with E-state index in [0.29, 0.717) is 27.4 Å². The van der Waals surface area contributed by atoms with Crippen LogP contribution in [0.15, 0.2) is 40.9 Å². The Kier molecular flexibility index (Phi) is 10.3. The average molecular weight is 545 g/mol. The summed E-state index contributed by atoms with van der Waals surface area (Å²) in [6, 6.07) is 10.4. The van der Waals surface area contributed by atoms with Gasteiger partial charge >= 0.3 is 0 Å². The van der Waals surface area contributed by atoms with Crippen LogP contribution in [0.5, 0.6) is 5.75 Å². The number of hydrazine groups is 1. The minimum atomic E-state index is -0.534. The maximum atomic E-state index is 12.0. The van der Waals surface area contributed by atoms with E-state index < -0.39 is 17.7 Å². The van der Waals surface area contributed by atoms with Gasteiger partial charge < -0.3 is 10.1 Å². The normalized spacial score (nSPS) is 11.4. The van der Waals surface area contributed by atoms with Crippen molar-refractivity contribution < 1.29 is 19.1 Å². The van der Waals surface area contributed by atoms with Crippen LogP contribution in [0, 0.1) is 0 Å². The summed E-state index contributed by atoms with van der Waals surface area (Å²) in [7, 11) is 0. The molecule has 7 nitrogen and oxygen atoms in total. The zero-order valence-corrected chi connectivity index (χ0v) is 20.7. The fraction of sp³-hybridized carbons (Fsp3) is 0.318. The molecular formula is C22H24BrCl2N3O4. The highest BCUT2D eigenvalue weighted by molar-refractivity contribution is 9.10. The van der Waals surface area contributed by atoms with E-state index in [0.717, 1.165) is 10.9 Å². The van der Waals surface area contributed by atoms with Gasteiger partial charge in [0.25, 0.3) is 5.91 Å². The lowest BCUT2D eigenvalue weighted by Gasteiger charge is -2.13. The van der Waals surface area contributed by atoms with Crippen molar-refractivity contribution in [2.45, 2.75) is 39.0 Å². The predicted octanol–water partition coefficient (Wildman–Crippen LogP) is 5.21. The molecule has 1 unspecified atom stereocenters. The molecule has 0 radical (unpaired) electrons. The Bertz CT molecular complexity index is 988. The van der Waals surface area contributed by atoms with E-state index in [1.54, 1.807) is 18.2 Å². The van der Waals surface area contributed by atoms with E-state index in [9.17, 15) is 14.4 Å². The van der Waals surface area contributed by atoms with E-state index in [4.69, 9.17) is 27.9 Å². The van der Waals surface area contributed by atoms with Gasteiger partial charge in [-0.15, -0.1) is 0 Å². The van der Waals surface area contributed by atoms with Gasteiger partial charge in [0.1, 0.15) is 5.75 Å². The Labute approximate surface area is 205 Å². The third kappa shape index (κ3) is 8.33. The molecule has 0 heterocycles. The molecule has 0 saturated carbocycles. The third-order valence-electron chi connectivity index (χ3n) is 4.62. The Hall–Kier alpha value is -2.29. The zero-order valence-electron chi connectivity index (χ0n) is 17.6. The molecule has 3 amide bonds. The zero-order chi connectivity index (χ0) is 23.7. The van der Waals surface area contributed by atoms with Crippen LogP contribution in [-0.2, 0) is 14.4 Å². The number of anilines is 1. The first-order valence-corrected chi connectivity index (χ1v) is 11.5. The van der Waals surface area contributed by atoms with Crippen molar-refractivity contribution in [1.82, 2.24) is 10.9 Å². The standard InChI is InChI=1S/C22H24BrCl2N3O4/c1-3-13(2)14-4-7-19(16(23)10-14)32-12-22(31)28-27-21(30)9-8-20(29)26-18-6-5-15(24)11-17(18)25/h4-7,10-11,13H,3,8-9,12H2,1-2H3,(H,26,29)(H,27,30)(H,28,31). The van der Waals surface area contributed by atoms with E-state index >= 15 is 0 Å². The Morgan fingerprint density at radius 3 is 2.34 bits per heavy atom. The van der Waals surface area contributed by atoms with E-state index in [2.05, 4.69) is 45.9 Å². The van der Waals surface area contributed by atoms with Crippen LogP contribution in [-0.4, -0.2) is 24.3 Å². The molecule has 2 rings (SSSR count). The maximum absolute atomic E-state index is 12.0. The second-order valence-corrected chi connectivity index (χ2v) is 8.75. The van der Waals surface area contributed by atoms with Crippen LogP contribution in [0.2, 0.25) is 10.0 Å². The summed E-state index contributed by atoms with van der Waals surface area (Å²) >= 11 is 15.2. The first-order chi connectivity index (χ1) is 15.2. The molecule has 0 aliphatic heterocycles. The summed E-state index contributed by atoms with van der Waals surface area (Å²) in [4.78, 5) is 35.8. The highest BCUT2D eigenvalue weighted by Crippen LogP contribution is 2.30. The van der Waals surface area contributed by atoms with Crippen LogP contribution >= 0.6 is 39.1 Å². The molecule has 3 N–H and O–H groups in total. The van der Waals surface area contributed by atoms with Crippen LogP contribution in [0.4, 0.5) is 5.69 Å². The smallest absolute Gasteiger partial charge is 0.276 e. The summed E-state index contributed by atoms with van der Waals surface area (Å²) in [6.45, 7) is 3.97. The number of nitrogens with one attached hydrogen (secondary N) is 3. The van der Waals surface area contributed by atoms with E-state index in [1.807, 2.05) is 12.1 Å². The third-order valence-corrected chi connectivity index (χ3v) is 5.79. The Morgan fingerprint density at radius 2 is 1.69 bits per heavy atom. The molecule has 0 bridgehead atoms. The average Bonchev–Trinajstić information content (AvgIpc) is 2.76. The molecule has 0 aliphatic carbocycles. The van der Waals surface area contributed by atoms with Gasteiger partial charge in [-0.25, -0.2) is 0 Å². The van der Waals surface area contributed by atoms with E-state index in [-0.39, 0.29) is 19.4 Å². The molecule has 32 heavy (non-hydrogen) atoms. The lowest BCUT2D eigenvalue weighted by atomic mass is 9.99. The number of hydrogen-bond donors (Lipinski definition) is 3. The second kappa shape index (κ2) is 12.7. The van der Waals surface area contributed by atoms with Gasteiger partial charge in [0, 0.05) is 17.9 Å². The number of carbonyl (C=O) groups excluding carboxylic acids is 3. The molecule has 0 spiro atoms. The summed E-state index contributed by atoms with van der Waals surface area (Å²) in [5.41, 5.74) is 6.07. The number of amides is 3. The molecule has 10 heteroatoms. The number of hydrogen-bond acceptors (Lipinski definition) is 4. The van der Waals surface area contributed by atoms with Gasteiger partial charge in [-0.1, -0.05) is 43.1 Å². The lowest BCUT2D eigenvalue weighted by Crippen LogP contribution is -2.44. The van der Waals surface area contributed by atoms with Gasteiger partial charge in [-0.2, -0.15) is 0 Å². The van der Waals surface area contributed by atoms with Crippen LogP contribution < -0.4 is 20.9 Å². The number of ether oxygens (including phenoxy) is 1. The minimum Gasteiger partial charge on any atom is -0.483 e. The van der Waals surface area contributed by atoms with Crippen molar-refractivity contribution >= 4 is 62.5 Å². The van der Waals surface area contributed by atoms with Gasteiger partial charge in [0.2, 0.25) is 11.8 Å². The van der Waals surface area contributed by atoms with Crippen molar-refractivity contribution in [2.75, 3.05) is 11.9 Å². The summed E-state index contributed by atoms with van der Waals surface area (Å²) in [6.07, 6.45) is 0.804. The minimum absolute atomic E-state index is 0.0906. The van der Waals surface area contributed by atoms with Gasteiger partial charge in [-0.3, -0.25) is 25.2 Å². The van der Waals surface area contributed by atoms with Gasteiger partial charge in [-0.05, 0) is 64.2 Å². The Balaban J connectivity index is 1.70. The molecule has 2 aromatic rings. The van der Waals surface area contributed by atoms with Crippen molar-refractivity contribution in [3.05, 3.63) is 56.5 Å². The first-order valence-electron chi connectivity index (χ1n) is 9.94. The van der Waals surface area contributed by atoms with Crippen LogP contribution in [0.25, 0.3) is 0 Å². The molecular weight excluding hydrogens is 521 g/mol. The molecule has 0 fully saturated rings. The number of carbonyl (C=O) groups is 3. The quantitative estimate of drug-likeness (QED) is 0.377. The van der Waals surface area contributed by atoms with E-state index in [1.165, 1.54) is 11.6 Å². The predicted molar refractivity (Wildman–Crippen MR) is 129 cm³/mol. The molecule has 2 aromatic carbocycles. The monoisotopic (exact) mass is 543 g/mol. The molecule has 1 atom stereocenters. The summed E-state index contributed by atoms with van der Waals surface area (Å²) in [5.74, 6) is -0.506. The summed E-state index contributed by atoms with van der Waals surface area (Å²) in [5, 5.41) is 3.34. The van der Waals surface area contributed by atoms with Crippen LogP contribution in [0.1, 0.15) is 44.6 Å². The van der Waals surface area contributed by atoms with Gasteiger partial charge in [0.05, 0.1) is 15.2 Å². The lowest BCUT2D eigenvalue weighted by molar-refractivity contribution is -0.130. The number of rotatable bonds is 9. The summed E-state index contributed by atoms with van der Waals surface area (Å²) < 4.78 is 6.24. The molecule has 0 aliphatic rings. The Morgan fingerprint density at radius 1 is 1.00 bits per heavy atom. The van der Waals surface area contributed by atoms with Crippen molar-refractivity contribution in [1.29, 1.82) is 0 Å². The van der Waals surface area contributed by atoms with Crippen LogP contribution in [0.3, 0.4) is 0 Å². The molecule has 0 aromatic heterocycles.